The molecule has 0 amide bonds. The molecule has 2 bridgehead atoms. The highest BCUT2D eigenvalue weighted by molar-refractivity contribution is 5.92. The Bertz CT molecular complexity index is 593. The molecule has 2 aliphatic rings. The Morgan fingerprint density at radius 1 is 0.793 bits per heavy atom. The van der Waals surface area contributed by atoms with Crippen LogP contribution in [0.5, 0.6) is 0 Å². The molecule has 0 heterocycles. The van der Waals surface area contributed by atoms with Crippen molar-refractivity contribution in [1.82, 2.24) is 0 Å². The van der Waals surface area contributed by atoms with Crippen molar-refractivity contribution in [2.45, 2.75) is 87.5 Å². The van der Waals surface area contributed by atoms with Gasteiger partial charge in [0, 0.05) is 0 Å². The first-order chi connectivity index (χ1) is 13.7. The van der Waals surface area contributed by atoms with Crippen LogP contribution in [0.25, 0.3) is 0 Å². The molecule has 166 valence electrons. The lowest BCUT2D eigenvalue weighted by Gasteiger charge is -2.50. The average Bonchev–Trinajstić information content (AvgIpc) is 3.21. The van der Waals surface area contributed by atoms with Crippen molar-refractivity contribution in [2.24, 2.45) is 34.5 Å². The minimum atomic E-state index is -0.820. The summed E-state index contributed by atoms with van der Waals surface area (Å²) in [5, 5.41) is 0. The molecule has 0 saturated heterocycles. The van der Waals surface area contributed by atoms with Gasteiger partial charge in [-0.05, 0) is 55.8 Å². The smallest absolute Gasteiger partial charge is 0.313 e. The topological polar surface area (TPSA) is 52.6 Å². The fourth-order valence-corrected chi connectivity index (χ4v) is 6.34. The number of carbonyl (C=O) groups excluding carboxylic acids is 2. The minimum Gasteiger partial charge on any atom is -0.465 e. The highest BCUT2D eigenvalue weighted by atomic mass is 16.5. The summed E-state index contributed by atoms with van der Waals surface area (Å²) in [5.41, 5.74) is 1.14. The fraction of sp³-hybridized carbons (Fsp3) is 0.840. The Kier molecular flexibility index (Phi) is 7.62. The molecule has 2 rings (SSSR count). The molecule has 4 heteroatoms. The highest BCUT2D eigenvalue weighted by Crippen LogP contribution is 2.72. The van der Waals surface area contributed by atoms with E-state index in [2.05, 4.69) is 27.7 Å². The highest BCUT2D eigenvalue weighted by Gasteiger charge is 2.75. The van der Waals surface area contributed by atoms with Crippen LogP contribution in [0.1, 0.15) is 87.5 Å². The second-order valence-corrected chi connectivity index (χ2v) is 9.73. The molecule has 4 nitrogen and oxygen atoms in total. The van der Waals surface area contributed by atoms with Crippen LogP contribution in [-0.4, -0.2) is 25.2 Å². The largest absolute Gasteiger partial charge is 0.465 e. The Hall–Kier alpha value is -1.32. The van der Waals surface area contributed by atoms with Crippen LogP contribution in [-0.2, 0) is 19.1 Å². The monoisotopic (exact) mass is 406 g/mol. The lowest BCUT2D eigenvalue weighted by atomic mass is 9.52. The summed E-state index contributed by atoms with van der Waals surface area (Å²) in [6.07, 6.45) is 3.96. The van der Waals surface area contributed by atoms with Crippen LogP contribution >= 0.6 is 0 Å². The lowest BCUT2D eigenvalue weighted by Crippen LogP contribution is -2.57. The minimum absolute atomic E-state index is 0.0867. The van der Waals surface area contributed by atoms with Gasteiger partial charge in [0.15, 0.2) is 0 Å². The maximum atomic E-state index is 13.7. The third-order valence-corrected chi connectivity index (χ3v) is 7.41. The second-order valence-electron chi connectivity index (χ2n) is 9.73. The molecule has 1 fully saturated rings. The maximum absolute atomic E-state index is 13.7. The quantitative estimate of drug-likeness (QED) is 0.332. The zero-order valence-corrected chi connectivity index (χ0v) is 19.9. The van der Waals surface area contributed by atoms with Gasteiger partial charge >= 0.3 is 11.9 Å². The molecular weight excluding hydrogens is 364 g/mol. The molecule has 2 aliphatic carbocycles. The Balaban J connectivity index is 2.63. The molecule has 4 atom stereocenters. The van der Waals surface area contributed by atoms with Gasteiger partial charge in [-0.1, -0.05) is 66.5 Å². The molecule has 1 saturated carbocycles. The number of hydrogen-bond donors (Lipinski definition) is 0. The zero-order chi connectivity index (χ0) is 22.0. The first-order valence-electron chi connectivity index (χ1n) is 11.7. The van der Waals surface area contributed by atoms with E-state index >= 15 is 0 Å². The van der Waals surface area contributed by atoms with Crippen molar-refractivity contribution < 1.29 is 19.1 Å². The lowest BCUT2D eigenvalue weighted by molar-refractivity contribution is -0.187. The molecule has 0 spiro atoms. The van der Waals surface area contributed by atoms with E-state index < -0.39 is 10.8 Å². The van der Waals surface area contributed by atoms with Gasteiger partial charge in [0.2, 0.25) is 0 Å². The van der Waals surface area contributed by atoms with Crippen molar-refractivity contribution in [3.05, 3.63) is 11.1 Å². The summed E-state index contributed by atoms with van der Waals surface area (Å²) in [7, 11) is 0. The zero-order valence-electron chi connectivity index (χ0n) is 19.9. The van der Waals surface area contributed by atoms with E-state index in [1.807, 2.05) is 27.7 Å². The Morgan fingerprint density at radius 3 is 1.38 bits per heavy atom. The molecule has 0 aromatic carbocycles. The maximum Gasteiger partial charge on any atom is 0.313 e. The van der Waals surface area contributed by atoms with E-state index in [1.54, 1.807) is 0 Å². The molecular formula is C25H42O4. The van der Waals surface area contributed by atoms with E-state index in [9.17, 15) is 9.59 Å². The van der Waals surface area contributed by atoms with Gasteiger partial charge in [0.05, 0.1) is 24.0 Å². The van der Waals surface area contributed by atoms with Gasteiger partial charge in [0.25, 0.3) is 0 Å². The van der Waals surface area contributed by atoms with Crippen molar-refractivity contribution in [3.8, 4) is 0 Å². The number of hydrogen-bond acceptors (Lipinski definition) is 4. The predicted octanol–water partition coefficient (Wildman–Crippen LogP) is 5.94. The van der Waals surface area contributed by atoms with Gasteiger partial charge < -0.3 is 9.47 Å². The SMILES string of the molecule is CCC1=C(CC)C2CC1C(CC)(C(=O)OCC(C)C)C2(CC)C(=O)OCC(C)C. The van der Waals surface area contributed by atoms with E-state index in [0.717, 1.165) is 19.3 Å². The van der Waals surface area contributed by atoms with Crippen LogP contribution in [0.2, 0.25) is 0 Å². The first kappa shape index (κ1) is 24.0. The molecule has 29 heavy (non-hydrogen) atoms. The normalized spacial score (nSPS) is 31.1. The predicted molar refractivity (Wildman–Crippen MR) is 116 cm³/mol. The van der Waals surface area contributed by atoms with Crippen LogP contribution < -0.4 is 0 Å². The van der Waals surface area contributed by atoms with E-state index in [0.29, 0.717) is 26.1 Å². The average molecular weight is 407 g/mol. The summed E-state index contributed by atoms with van der Waals surface area (Å²) >= 11 is 0. The van der Waals surface area contributed by atoms with Crippen molar-refractivity contribution in [3.63, 3.8) is 0 Å². The van der Waals surface area contributed by atoms with Crippen molar-refractivity contribution in [2.75, 3.05) is 13.2 Å². The molecule has 0 aliphatic heterocycles. The fourth-order valence-electron chi connectivity index (χ4n) is 6.34. The van der Waals surface area contributed by atoms with Crippen LogP contribution in [0.15, 0.2) is 11.1 Å². The standard InChI is InChI=1S/C25H42O4/c1-9-18-19(10-2)21-13-20(18)24(11-3,22(26)28-14-16(5)6)25(21,12-4)23(27)29-15-17(7)8/h16-17,20-21H,9-15H2,1-8H3. The van der Waals surface area contributed by atoms with Gasteiger partial charge in [-0.3, -0.25) is 9.59 Å². The summed E-state index contributed by atoms with van der Waals surface area (Å²) < 4.78 is 11.7. The number of ether oxygens (including phenoxy) is 2. The van der Waals surface area contributed by atoms with Crippen LogP contribution in [0.3, 0.4) is 0 Å². The molecule has 4 unspecified atom stereocenters. The van der Waals surface area contributed by atoms with Gasteiger partial charge in [0.1, 0.15) is 0 Å². The second kappa shape index (κ2) is 9.22. The number of carbonyl (C=O) groups is 2. The summed E-state index contributed by atoms with van der Waals surface area (Å²) in [5.74, 6) is 0.328. The third kappa shape index (κ3) is 3.55. The number of esters is 2. The summed E-state index contributed by atoms with van der Waals surface area (Å²) in [6, 6.07) is 0. The van der Waals surface area contributed by atoms with Gasteiger partial charge in [-0.25, -0.2) is 0 Å². The van der Waals surface area contributed by atoms with Crippen molar-refractivity contribution >= 4 is 11.9 Å². The van der Waals surface area contributed by atoms with Gasteiger partial charge in [-0.15, -0.1) is 0 Å². The number of allylic oxidation sites excluding steroid dienone is 2. The van der Waals surface area contributed by atoms with Crippen LogP contribution in [0.4, 0.5) is 0 Å². The molecule has 0 N–H and O–H groups in total. The molecule has 0 aromatic rings. The van der Waals surface area contributed by atoms with Crippen molar-refractivity contribution in [1.29, 1.82) is 0 Å². The van der Waals surface area contributed by atoms with E-state index in [4.69, 9.17) is 9.47 Å². The Morgan fingerprint density at radius 2 is 1.14 bits per heavy atom. The Labute approximate surface area is 177 Å². The summed E-state index contributed by atoms with van der Waals surface area (Å²) in [6.45, 7) is 17.4. The van der Waals surface area contributed by atoms with Gasteiger partial charge in [-0.2, -0.15) is 0 Å². The molecule has 0 aromatic heterocycles. The summed E-state index contributed by atoms with van der Waals surface area (Å²) in [4.78, 5) is 27.4. The van der Waals surface area contributed by atoms with E-state index in [1.165, 1.54) is 11.1 Å². The molecule has 0 radical (unpaired) electrons. The van der Waals surface area contributed by atoms with Crippen LogP contribution in [0, 0.1) is 34.5 Å². The number of fused-ring (bicyclic) bond motifs is 2. The third-order valence-electron chi connectivity index (χ3n) is 7.41. The van der Waals surface area contributed by atoms with E-state index in [-0.39, 0.29) is 35.6 Å². The first-order valence-corrected chi connectivity index (χ1v) is 11.7. The number of rotatable bonds is 10.